The Balaban J connectivity index is 1.59. The molecular formula is C13H21N3. The van der Waals surface area contributed by atoms with Crippen LogP contribution in [0.15, 0.2) is 24.5 Å². The fourth-order valence-electron chi connectivity index (χ4n) is 1.68. The van der Waals surface area contributed by atoms with E-state index in [9.17, 15) is 0 Å². The van der Waals surface area contributed by atoms with Crippen LogP contribution in [0.4, 0.5) is 0 Å². The molecule has 1 saturated carbocycles. The maximum absolute atomic E-state index is 4.25. The lowest BCUT2D eigenvalue weighted by atomic mass is 10.2. The zero-order valence-electron chi connectivity index (χ0n) is 10.0. The zero-order valence-corrected chi connectivity index (χ0v) is 10.0. The van der Waals surface area contributed by atoms with Gasteiger partial charge in [-0.15, -0.1) is 0 Å². The first-order valence-electron chi connectivity index (χ1n) is 6.28. The lowest BCUT2D eigenvalue weighted by Gasteiger charge is -1.97. The highest BCUT2D eigenvalue weighted by Crippen LogP contribution is 2.18. The average molecular weight is 219 g/mol. The second-order valence-electron chi connectivity index (χ2n) is 4.40. The van der Waals surface area contributed by atoms with Crippen LogP contribution in [-0.4, -0.2) is 22.4 Å². The molecule has 0 radical (unpaired) electrons. The molecule has 1 N–H and O–H groups in total. The highest BCUT2D eigenvalue weighted by molar-refractivity contribution is 5.09. The van der Waals surface area contributed by atoms with Crippen LogP contribution in [0.3, 0.4) is 0 Å². The van der Waals surface area contributed by atoms with E-state index in [0.717, 1.165) is 32.0 Å². The van der Waals surface area contributed by atoms with Crippen molar-refractivity contribution in [2.24, 2.45) is 0 Å². The summed E-state index contributed by atoms with van der Waals surface area (Å²) in [4.78, 5) is 0. The number of aryl methyl sites for hydroxylation is 1. The number of hydrogen-bond acceptors (Lipinski definition) is 2. The Labute approximate surface area is 97.5 Å². The van der Waals surface area contributed by atoms with Crippen LogP contribution >= 0.6 is 0 Å². The summed E-state index contributed by atoms with van der Waals surface area (Å²) in [5.74, 6) is 0. The fraction of sp³-hybridized carbons (Fsp3) is 0.615. The number of rotatable bonds is 7. The minimum absolute atomic E-state index is 0.830. The Morgan fingerprint density at radius 3 is 3.06 bits per heavy atom. The smallest absolute Gasteiger partial charge is 0.0524 e. The van der Waals surface area contributed by atoms with Crippen molar-refractivity contribution in [1.82, 2.24) is 15.1 Å². The third-order valence-electron chi connectivity index (χ3n) is 2.85. The van der Waals surface area contributed by atoms with E-state index in [1.165, 1.54) is 18.4 Å². The van der Waals surface area contributed by atoms with Crippen LogP contribution in [0.2, 0.25) is 0 Å². The van der Waals surface area contributed by atoms with Crippen molar-refractivity contribution in [1.29, 1.82) is 0 Å². The summed E-state index contributed by atoms with van der Waals surface area (Å²) < 4.78 is 1.97. The molecule has 3 nitrogen and oxygen atoms in total. The SMILES string of the molecule is CCn1cc(CC=CCCNC2CC2)cn1. The molecule has 3 heteroatoms. The topological polar surface area (TPSA) is 29.9 Å². The standard InChI is InChI=1S/C13H21N3/c1-2-16-11-12(10-15-16)6-4-3-5-9-14-13-7-8-13/h3-4,10-11,13-14H,2,5-9H2,1H3. The Morgan fingerprint density at radius 2 is 2.38 bits per heavy atom. The summed E-state index contributed by atoms with van der Waals surface area (Å²) in [6, 6.07) is 0.830. The van der Waals surface area contributed by atoms with Gasteiger partial charge in [-0.1, -0.05) is 12.2 Å². The Kier molecular flexibility index (Phi) is 4.17. The van der Waals surface area contributed by atoms with Gasteiger partial charge in [-0.3, -0.25) is 4.68 Å². The van der Waals surface area contributed by atoms with Gasteiger partial charge >= 0.3 is 0 Å². The predicted molar refractivity (Wildman–Crippen MR) is 66.4 cm³/mol. The van der Waals surface area contributed by atoms with Crippen LogP contribution in [0.5, 0.6) is 0 Å². The third kappa shape index (κ3) is 3.81. The molecule has 1 fully saturated rings. The summed E-state index contributed by atoms with van der Waals surface area (Å²) in [6.07, 6.45) is 13.5. The summed E-state index contributed by atoms with van der Waals surface area (Å²) in [6.45, 7) is 4.18. The molecule has 0 amide bonds. The molecular weight excluding hydrogens is 198 g/mol. The van der Waals surface area contributed by atoms with Crippen LogP contribution in [0, 0.1) is 0 Å². The summed E-state index contributed by atoms with van der Waals surface area (Å²) >= 11 is 0. The molecule has 1 aliphatic carbocycles. The van der Waals surface area contributed by atoms with Gasteiger partial charge in [-0.2, -0.15) is 5.10 Å². The van der Waals surface area contributed by atoms with Gasteiger partial charge in [0.2, 0.25) is 0 Å². The van der Waals surface area contributed by atoms with E-state index < -0.39 is 0 Å². The van der Waals surface area contributed by atoms with Crippen molar-refractivity contribution in [3.63, 3.8) is 0 Å². The highest BCUT2D eigenvalue weighted by Gasteiger charge is 2.19. The van der Waals surface area contributed by atoms with Crippen molar-refractivity contribution < 1.29 is 0 Å². The lowest BCUT2D eigenvalue weighted by molar-refractivity contribution is 0.659. The van der Waals surface area contributed by atoms with Gasteiger partial charge in [0.25, 0.3) is 0 Å². The second-order valence-corrected chi connectivity index (χ2v) is 4.40. The van der Waals surface area contributed by atoms with Crippen molar-refractivity contribution in [2.75, 3.05) is 6.54 Å². The minimum Gasteiger partial charge on any atom is -0.314 e. The number of nitrogens with zero attached hydrogens (tertiary/aromatic N) is 2. The first-order chi connectivity index (χ1) is 7.88. The van der Waals surface area contributed by atoms with Gasteiger partial charge in [0.15, 0.2) is 0 Å². The van der Waals surface area contributed by atoms with E-state index >= 15 is 0 Å². The molecule has 1 aromatic rings. The number of nitrogens with one attached hydrogen (secondary N) is 1. The van der Waals surface area contributed by atoms with Gasteiger partial charge in [-0.25, -0.2) is 0 Å². The molecule has 0 aromatic carbocycles. The van der Waals surface area contributed by atoms with Crippen molar-refractivity contribution in [3.05, 3.63) is 30.1 Å². The van der Waals surface area contributed by atoms with E-state index in [1.807, 2.05) is 10.9 Å². The summed E-state index contributed by atoms with van der Waals surface area (Å²) in [5.41, 5.74) is 1.30. The van der Waals surface area contributed by atoms with E-state index in [-0.39, 0.29) is 0 Å². The monoisotopic (exact) mass is 219 g/mol. The molecule has 0 spiro atoms. The number of hydrogen-bond donors (Lipinski definition) is 1. The van der Waals surface area contributed by atoms with Gasteiger partial charge in [-0.05, 0) is 44.7 Å². The first-order valence-corrected chi connectivity index (χ1v) is 6.28. The summed E-state index contributed by atoms with van der Waals surface area (Å²) in [5, 5.41) is 7.75. The lowest BCUT2D eigenvalue weighted by Crippen LogP contribution is -2.16. The maximum Gasteiger partial charge on any atom is 0.0524 e. The molecule has 0 atom stereocenters. The largest absolute Gasteiger partial charge is 0.314 e. The normalized spacial score (nSPS) is 16.1. The van der Waals surface area contributed by atoms with Gasteiger partial charge in [0, 0.05) is 18.8 Å². The Morgan fingerprint density at radius 1 is 1.50 bits per heavy atom. The molecule has 0 aliphatic heterocycles. The Hall–Kier alpha value is -1.09. The van der Waals surface area contributed by atoms with E-state index in [4.69, 9.17) is 0 Å². The molecule has 1 aromatic heterocycles. The number of aromatic nitrogens is 2. The minimum atomic E-state index is 0.830. The molecule has 1 heterocycles. The second kappa shape index (κ2) is 5.85. The fourth-order valence-corrected chi connectivity index (χ4v) is 1.68. The molecule has 0 unspecified atom stereocenters. The van der Waals surface area contributed by atoms with Crippen molar-refractivity contribution >= 4 is 0 Å². The Bertz CT molecular complexity index is 337. The van der Waals surface area contributed by atoms with E-state index in [2.05, 4.69) is 35.7 Å². The van der Waals surface area contributed by atoms with Crippen LogP contribution in [0.1, 0.15) is 31.7 Å². The van der Waals surface area contributed by atoms with E-state index in [0.29, 0.717) is 0 Å². The van der Waals surface area contributed by atoms with Crippen molar-refractivity contribution in [3.8, 4) is 0 Å². The molecule has 0 bridgehead atoms. The predicted octanol–water partition coefficient (Wildman–Crippen LogP) is 2.14. The van der Waals surface area contributed by atoms with Crippen LogP contribution in [0.25, 0.3) is 0 Å². The summed E-state index contributed by atoms with van der Waals surface area (Å²) in [7, 11) is 0. The molecule has 1 aliphatic rings. The first kappa shape index (κ1) is 11.4. The zero-order chi connectivity index (χ0) is 11.2. The third-order valence-corrected chi connectivity index (χ3v) is 2.85. The quantitative estimate of drug-likeness (QED) is 0.562. The van der Waals surface area contributed by atoms with Gasteiger partial charge in [0.1, 0.15) is 0 Å². The number of allylic oxidation sites excluding steroid dienone is 1. The van der Waals surface area contributed by atoms with Gasteiger partial charge < -0.3 is 5.32 Å². The van der Waals surface area contributed by atoms with Crippen LogP contribution in [-0.2, 0) is 13.0 Å². The molecule has 88 valence electrons. The van der Waals surface area contributed by atoms with E-state index in [1.54, 1.807) is 0 Å². The molecule has 0 saturated heterocycles. The molecule has 16 heavy (non-hydrogen) atoms. The molecule has 2 rings (SSSR count). The maximum atomic E-state index is 4.25. The van der Waals surface area contributed by atoms with Gasteiger partial charge in [0.05, 0.1) is 6.20 Å². The highest BCUT2D eigenvalue weighted by atomic mass is 15.3. The average Bonchev–Trinajstić information content (AvgIpc) is 3.01. The van der Waals surface area contributed by atoms with Crippen molar-refractivity contribution in [2.45, 2.75) is 45.2 Å². The van der Waals surface area contributed by atoms with Crippen LogP contribution < -0.4 is 5.32 Å².